The summed E-state index contributed by atoms with van der Waals surface area (Å²) in [6, 6.07) is 6.14. The largest absolute Gasteiger partial charge is 0.377 e. The lowest BCUT2D eigenvalue weighted by molar-refractivity contribution is 0.960. The van der Waals surface area contributed by atoms with Crippen molar-refractivity contribution in [3.05, 3.63) is 34.0 Å². The molecule has 3 nitrogen and oxygen atoms in total. The second-order valence-electron chi connectivity index (χ2n) is 5.15. The smallest absolute Gasteiger partial charge is 0.0770 e. The Hall–Kier alpha value is -1.79. The van der Waals surface area contributed by atoms with E-state index in [9.17, 15) is 0 Å². The van der Waals surface area contributed by atoms with Crippen LogP contribution in [0.2, 0.25) is 5.02 Å². The molecule has 0 atom stereocenters. The van der Waals surface area contributed by atoms with Gasteiger partial charge in [0.05, 0.1) is 17.3 Å². The standard InChI is InChI=1S/C16H18ClN3/c1-10-14(17)8-7-13-15(10)19-11(2)12(6-5-9-18)16(13)20(3)4/h7-8H,5-6H2,1-4H3. The first-order valence-electron chi connectivity index (χ1n) is 6.60. The first-order valence-corrected chi connectivity index (χ1v) is 6.97. The molecule has 0 spiro atoms. The first kappa shape index (κ1) is 14.6. The van der Waals surface area contributed by atoms with Crippen LogP contribution in [0.15, 0.2) is 12.1 Å². The lowest BCUT2D eigenvalue weighted by atomic mass is 10.00. The number of aryl methyl sites for hydroxylation is 2. The molecule has 0 bridgehead atoms. The van der Waals surface area contributed by atoms with Crippen molar-refractivity contribution in [2.75, 3.05) is 19.0 Å². The van der Waals surface area contributed by atoms with Gasteiger partial charge in [-0.2, -0.15) is 5.26 Å². The Bertz CT molecular complexity index is 699. The molecule has 1 aromatic carbocycles. The van der Waals surface area contributed by atoms with Crippen LogP contribution in [0.4, 0.5) is 5.69 Å². The topological polar surface area (TPSA) is 39.9 Å². The van der Waals surface area contributed by atoms with Gasteiger partial charge in [-0.15, -0.1) is 0 Å². The molecule has 0 fully saturated rings. The molecule has 0 aliphatic heterocycles. The normalized spacial score (nSPS) is 10.6. The Labute approximate surface area is 124 Å². The third kappa shape index (κ3) is 2.44. The molecule has 0 saturated heterocycles. The second kappa shape index (κ2) is 5.68. The molecular weight excluding hydrogens is 270 g/mol. The third-order valence-corrected chi connectivity index (χ3v) is 3.97. The van der Waals surface area contributed by atoms with Crippen LogP contribution in [-0.4, -0.2) is 19.1 Å². The van der Waals surface area contributed by atoms with E-state index in [1.165, 1.54) is 0 Å². The summed E-state index contributed by atoms with van der Waals surface area (Å²) in [5.74, 6) is 0. The van der Waals surface area contributed by atoms with E-state index >= 15 is 0 Å². The zero-order valence-electron chi connectivity index (χ0n) is 12.3. The van der Waals surface area contributed by atoms with Gasteiger partial charge in [0.1, 0.15) is 0 Å². The predicted molar refractivity (Wildman–Crippen MR) is 84.5 cm³/mol. The Morgan fingerprint density at radius 3 is 2.60 bits per heavy atom. The summed E-state index contributed by atoms with van der Waals surface area (Å²) in [6.45, 7) is 3.99. The van der Waals surface area contributed by atoms with E-state index in [1.54, 1.807) is 0 Å². The maximum atomic E-state index is 8.84. The van der Waals surface area contributed by atoms with Crippen molar-refractivity contribution >= 4 is 28.2 Å². The highest BCUT2D eigenvalue weighted by atomic mass is 35.5. The average Bonchev–Trinajstić information content (AvgIpc) is 2.40. The number of benzene rings is 1. The molecule has 2 aromatic rings. The van der Waals surface area contributed by atoms with Gasteiger partial charge in [-0.25, -0.2) is 0 Å². The van der Waals surface area contributed by atoms with Gasteiger partial charge in [-0.1, -0.05) is 11.6 Å². The Balaban J connectivity index is 2.82. The fourth-order valence-electron chi connectivity index (χ4n) is 2.57. The quantitative estimate of drug-likeness (QED) is 0.856. The van der Waals surface area contributed by atoms with Gasteiger partial charge in [0, 0.05) is 36.6 Å². The van der Waals surface area contributed by atoms with E-state index in [0.29, 0.717) is 6.42 Å². The summed E-state index contributed by atoms with van der Waals surface area (Å²) in [5.41, 5.74) is 5.21. The SMILES string of the molecule is Cc1nc2c(C)c(Cl)ccc2c(N(C)C)c1CCC#N. The molecule has 2 rings (SSSR count). The van der Waals surface area contributed by atoms with E-state index in [4.69, 9.17) is 21.8 Å². The van der Waals surface area contributed by atoms with E-state index in [0.717, 1.165) is 44.9 Å². The van der Waals surface area contributed by atoms with Crippen molar-refractivity contribution < 1.29 is 0 Å². The highest BCUT2D eigenvalue weighted by Gasteiger charge is 2.16. The third-order valence-electron chi connectivity index (χ3n) is 3.56. The van der Waals surface area contributed by atoms with Crippen molar-refractivity contribution in [3.63, 3.8) is 0 Å². The summed E-state index contributed by atoms with van der Waals surface area (Å²) in [4.78, 5) is 6.81. The lowest BCUT2D eigenvalue weighted by Gasteiger charge is -2.22. The van der Waals surface area contributed by atoms with Gasteiger partial charge in [-0.05, 0) is 43.5 Å². The fraction of sp³-hybridized carbons (Fsp3) is 0.375. The number of nitrogens with zero attached hydrogens (tertiary/aromatic N) is 3. The molecule has 104 valence electrons. The molecule has 0 unspecified atom stereocenters. The van der Waals surface area contributed by atoms with E-state index < -0.39 is 0 Å². The summed E-state index contributed by atoms with van der Waals surface area (Å²) in [5, 5.41) is 10.7. The minimum atomic E-state index is 0.501. The number of rotatable bonds is 3. The summed E-state index contributed by atoms with van der Waals surface area (Å²) in [7, 11) is 4.04. The molecule has 0 radical (unpaired) electrons. The predicted octanol–water partition coefficient (Wildman–Crippen LogP) is 4.03. The second-order valence-corrected chi connectivity index (χ2v) is 5.55. The van der Waals surface area contributed by atoms with Gasteiger partial charge in [0.2, 0.25) is 0 Å². The number of fused-ring (bicyclic) bond motifs is 1. The zero-order valence-corrected chi connectivity index (χ0v) is 13.0. The van der Waals surface area contributed by atoms with Crippen molar-refractivity contribution in [2.24, 2.45) is 0 Å². The number of halogens is 1. The maximum absolute atomic E-state index is 8.84. The van der Waals surface area contributed by atoms with Crippen molar-refractivity contribution in [1.82, 2.24) is 4.98 Å². The van der Waals surface area contributed by atoms with E-state index in [-0.39, 0.29) is 0 Å². The van der Waals surface area contributed by atoms with Crippen LogP contribution in [0.1, 0.15) is 23.2 Å². The number of hydrogen-bond acceptors (Lipinski definition) is 3. The molecule has 1 aromatic heterocycles. The summed E-state index contributed by atoms with van der Waals surface area (Å²) >= 11 is 6.20. The van der Waals surface area contributed by atoms with Crippen LogP contribution in [0.5, 0.6) is 0 Å². The van der Waals surface area contributed by atoms with Crippen molar-refractivity contribution in [1.29, 1.82) is 5.26 Å². The number of aromatic nitrogens is 1. The number of nitriles is 1. The van der Waals surface area contributed by atoms with Crippen LogP contribution in [0.3, 0.4) is 0 Å². The average molecular weight is 288 g/mol. The van der Waals surface area contributed by atoms with Crippen molar-refractivity contribution in [3.8, 4) is 6.07 Å². The Kier molecular flexibility index (Phi) is 4.15. The molecule has 0 saturated carbocycles. The minimum Gasteiger partial charge on any atom is -0.377 e. The molecule has 0 aliphatic rings. The van der Waals surface area contributed by atoms with Gasteiger partial charge < -0.3 is 4.90 Å². The molecule has 0 N–H and O–H groups in total. The van der Waals surface area contributed by atoms with Crippen LogP contribution in [0, 0.1) is 25.2 Å². The van der Waals surface area contributed by atoms with Crippen LogP contribution < -0.4 is 4.90 Å². The molecular formula is C16H18ClN3. The first-order chi connectivity index (χ1) is 9.47. The Morgan fingerprint density at radius 2 is 2.00 bits per heavy atom. The van der Waals surface area contributed by atoms with Crippen LogP contribution in [0.25, 0.3) is 10.9 Å². The van der Waals surface area contributed by atoms with Crippen molar-refractivity contribution in [2.45, 2.75) is 26.7 Å². The summed E-state index contributed by atoms with van der Waals surface area (Å²) in [6.07, 6.45) is 1.22. The minimum absolute atomic E-state index is 0.501. The maximum Gasteiger partial charge on any atom is 0.0770 e. The van der Waals surface area contributed by atoms with Gasteiger partial charge in [0.15, 0.2) is 0 Å². The monoisotopic (exact) mass is 287 g/mol. The summed E-state index contributed by atoms with van der Waals surface area (Å²) < 4.78 is 0. The van der Waals surface area contributed by atoms with Gasteiger partial charge in [0.25, 0.3) is 0 Å². The van der Waals surface area contributed by atoms with Crippen LogP contribution >= 0.6 is 11.6 Å². The molecule has 1 heterocycles. The number of pyridine rings is 1. The zero-order chi connectivity index (χ0) is 14.9. The molecule has 0 aliphatic carbocycles. The Morgan fingerprint density at radius 1 is 1.30 bits per heavy atom. The number of hydrogen-bond donors (Lipinski definition) is 0. The van der Waals surface area contributed by atoms with Crippen LogP contribution in [-0.2, 0) is 6.42 Å². The van der Waals surface area contributed by atoms with E-state index in [2.05, 4.69) is 11.0 Å². The van der Waals surface area contributed by atoms with E-state index in [1.807, 2.05) is 40.1 Å². The number of anilines is 1. The lowest BCUT2D eigenvalue weighted by Crippen LogP contribution is -2.14. The molecule has 4 heteroatoms. The highest BCUT2D eigenvalue weighted by molar-refractivity contribution is 6.32. The fourth-order valence-corrected chi connectivity index (χ4v) is 2.72. The molecule has 20 heavy (non-hydrogen) atoms. The van der Waals surface area contributed by atoms with Gasteiger partial charge in [-0.3, -0.25) is 4.98 Å². The van der Waals surface area contributed by atoms with Gasteiger partial charge >= 0.3 is 0 Å². The molecule has 0 amide bonds. The highest BCUT2D eigenvalue weighted by Crippen LogP contribution is 2.34.